The molecule has 2 rings (SSSR count). The lowest BCUT2D eigenvalue weighted by molar-refractivity contribution is 0.591. The van der Waals surface area contributed by atoms with Crippen molar-refractivity contribution in [1.82, 2.24) is 19.3 Å². The summed E-state index contributed by atoms with van der Waals surface area (Å²) < 4.78 is 3.15. The van der Waals surface area contributed by atoms with Crippen molar-refractivity contribution in [2.24, 2.45) is 14.1 Å². The van der Waals surface area contributed by atoms with E-state index in [-0.39, 0.29) is 5.56 Å². The molecule has 12 heavy (non-hydrogen) atoms. The summed E-state index contributed by atoms with van der Waals surface area (Å²) in [6.45, 7) is 0. The molecule has 0 atom stereocenters. The van der Waals surface area contributed by atoms with Crippen LogP contribution < -0.4 is 5.56 Å². The second-order valence-corrected chi connectivity index (χ2v) is 2.58. The van der Waals surface area contributed by atoms with E-state index in [4.69, 9.17) is 0 Å². The Morgan fingerprint density at radius 2 is 1.83 bits per heavy atom. The third-order valence-corrected chi connectivity index (χ3v) is 1.93. The molecule has 0 saturated carbocycles. The van der Waals surface area contributed by atoms with Crippen LogP contribution in [0.2, 0.25) is 0 Å². The average molecular weight is 164 g/mol. The van der Waals surface area contributed by atoms with Gasteiger partial charge in [-0.25, -0.2) is 9.97 Å². The molecule has 0 saturated heterocycles. The topological polar surface area (TPSA) is 52.7 Å². The molecule has 2 aromatic heterocycles. The monoisotopic (exact) mass is 164 g/mol. The van der Waals surface area contributed by atoms with Gasteiger partial charge >= 0.3 is 0 Å². The molecule has 5 nitrogen and oxygen atoms in total. The molecule has 0 aromatic carbocycles. The van der Waals surface area contributed by atoms with Crippen LogP contribution in [0.4, 0.5) is 0 Å². The minimum Gasteiger partial charge on any atom is -0.267 e. The summed E-state index contributed by atoms with van der Waals surface area (Å²) in [4.78, 5) is 19.4. The molecule has 0 spiro atoms. The molecule has 2 aromatic rings. The summed E-state index contributed by atoms with van der Waals surface area (Å²) in [6, 6.07) is 0. The highest BCUT2D eigenvalue weighted by atomic mass is 16.1. The van der Waals surface area contributed by atoms with E-state index >= 15 is 0 Å². The van der Waals surface area contributed by atoms with Gasteiger partial charge < -0.3 is 0 Å². The first-order valence-electron chi connectivity index (χ1n) is 3.54. The number of hydrogen-bond acceptors (Lipinski definition) is 3. The third kappa shape index (κ3) is 0.702. The molecule has 0 radical (unpaired) electrons. The van der Waals surface area contributed by atoms with Crippen molar-refractivity contribution in [3.63, 3.8) is 0 Å². The van der Waals surface area contributed by atoms with Gasteiger partial charge in [0.1, 0.15) is 0 Å². The van der Waals surface area contributed by atoms with Gasteiger partial charge in [0.05, 0.1) is 0 Å². The first-order chi connectivity index (χ1) is 5.72. The quantitative estimate of drug-likeness (QED) is 0.535. The Morgan fingerprint density at radius 3 is 2.50 bits per heavy atom. The molecule has 0 aliphatic carbocycles. The molecule has 0 bridgehead atoms. The number of aryl methyl sites for hydroxylation is 1. The van der Waals surface area contributed by atoms with Gasteiger partial charge in [-0.2, -0.15) is 0 Å². The third-order valence-electron chi connectivity index (χ3n) is 1.93. The van der Waals surface area contributed by atoms with Gasteiger partial charge in [0.15, 0.2) is 11.2 Å². The summed E-state index contributed by atoms with van der Waals surface area (Å²) in [5.74, 6) is 0. The summed E-state index contributed by atoms with van der Waals surface area (Å²) in [5.41, 5.74) is 0.924. The molecule has 0 unspecified atom stereocenters. The van der Waals surface area contributed by atoms with E-state index in [9.17, 15) is 4.79 Å². The van der Waals surface area contributed by atoms with Gasteiger partial charge in [-0.3, -0.25) is 14.2 Å². The van der Waals surface area contributed by atoms with E-state index < -0.39 is 0 Å². The smallest absolute Gasteiger partial charge is 0.267 e. The fraction of sp³-hybridized carbons (Fsp3) is 0.286. The van der Waals surface area contributed by atoms with Gasteiger partial charge in [0.2, 0.25) is 0 Å². The zero-order valence-electron chi connectivity index (χ0n) is 6.85. The van der Waals surface area contributed by atoms with Crippen LogP contribution in [0.15, 0.2) is 17.2 Å². The van der Waals surface area contributed by atoms with E-state index in [1.165, 1.54) is 10.9 Å². The second kappa shape index (κ2) is 2.17. The zero-order chi connectivity index (χ0) is 8.72. The molecule has 5 heteroatoms. The van der Waals surface area contributed by atoms with Gasteiger partial charge in [-0.15, -0.1) is 0 Å². The van der Waals surface area contributed by atoms with E-state index in [2.05, 4.69) is 9.97 Å². The lowest BCUT2D eigenvalue weighted by atomic mass is 10.5. The van der Waals surface area contributed by atoms with Crippen molar-refractivity contribution in [1.29, 1.82) is 0 Å². The minimum atomic E-state index is -0.111. The van der Waals surface area contributed by atoms with Gasteiger partial charge in [0, 0.05) is 26.5 Å². The zero-order valence-corrected chi connectivity index (χ0v) is 6.85. The Hall–Kier alpha value is -1.65. The molecular weight excluding hydrogens is 156 g/mol. The summed E-state index contributed by atoms with van der Waals surface area (Å²) >= 11 is 0. The highest BCUT2D eigenvalue weighted by Gasteiger charge is 2.07. The Morgan fingerprint density at radius 1 is 1.17 bits per heavy atom. The molecule has 0 aliphatic heterocycles. The Labute approximate surface area is 68.3 Å². The molecule has 0 N–H and O–H groups in total. The first-order valence-corrected chi connectivity index (χ1v) is 3.54. The number of nitrogens with zero attached hydrogens (tertiary/aromatic N) is 4. The molecular formula is C7H8N4O. The van der Waals surface area contributed by atoms with Crippen LogP contribution in [0.25, 0.3) is 11.2 Å². The predicted octanol–water partition coefficient (Wildman–Crippen LogP) is -0.333. The van der Waals surface area contributed by atoms with Crippen LogP contribution in [0.3, 0.4) is 0 Å². The van der Waals surface area contributed by atoms with Crippen molar-refractivity contribution >= 4 is 11.2 Å². The van der Waals surface area contributed by atoms with Crippen molar-refractivity contribution in [2.45, 2.75) is 0 Å². The van der Waals surface area contributed by atoms with Gasteiger partial charge in [0.25, 0.3) is 5.56 Å². The van der Waals surface area contributed by atoms with Crippen molar-refractivity contribution in [3.05, 3.63) is 22.7 Å². The highest BCUT2D eigenvalue weighted by Crippen LogP contribution is 2.00. The van der Waals surface area contributed by atoms with Crippen LogP contribution >= 0.6 is 0 Å². The number of fused-ring (bicyclic) bond motifs is 1. The number of aromatic nitrogens is 4. The lowest BCUT2D eigenvalue weighted by Gasteiger charge is -1.96. The van der Waals surface area contributed by atoms with Crippen LogP contribution in [0.5, 0.6) is 0 Å². The molecule has 62 valence electrons. The highest BCUT2D eigenvalue weighted by molar-refractivity contribution is 5.68. The van der Waals surface area contributed by atoms with E-state index in [0.717, 1.165) is 0 Å². The van der Waals surface area contributed by atoms with E-state index in [1.807, 2.05) is 0 Å². The molecule has 0 fully saturated rings. The molecule has 0 aliphatic rings. The predicted molar refractivity (Wildman–Crippen MR) is 43.8 cm³/mol. The normalized spacial score (nSPS) is 10.8. The van der Waals surface area contributed by atoms with Crippen LogP contribution in [0, 0.1) is 0 Å². The Balaban J connectivity index is 3.09. The van der Waals surface area contributed by atoms with Crippen molar-refractivity contribution < 1.29 is 0 Å². The number of rotatable bonds is 0. The lowest BCUT2D eigenvalue weighted by Crippen LogP contribution is -2.16. The average Bonchev–Trinajstić information content (AvgIpc) is 2.33. The fourth-order valence-corrected chi connectivity index (χ4v) is 1.15. The molecule has 2 heterocycles. The minimum absolute atomic E-state index is 0.111. The van der Waals surface area contributed by atoms with Crippen molar-refractivity contribution in [2.75, 3.05) is 0 Å². The largest absolute Gasteiger partial charge is 0.294 e. The van der Waals surface area contributed by atoms with Crippen LogP contribution in [-0.2, 0) is 14.1 Å². The van der Waals surface area contributed by atoms with Crippen molar-refractivity contribution in [3.8, 4) is 0 Å². The Bertz CT molecular complexity index is 482. The maximum atomic E-state index is 11.4. The summed E-state index contributed by atoms with van der Waals surface area (Å²) in [6.07, 6.45) is 3.09. The van der Waals surface area contributed by atoms with Crippen LogP contribution in [0.1, 0.15) is 0 Å². The summed E-state index contributed by atoms with van der Waals surface area (Å²) in [5, 5.41) is 0. The van der Waals surface area contributed by atoms with Crippen LogP contribution in [-0.4, -0.2) is 19.3 Å². The Kier molecular flexibility index (Phi) is 1.27. The fourth-order valence-electron chi connectivity index (χ4n) is 1.15. The maximum absolute atomic E-state index is 11.4. The second-order valence-electron chi connectivity index (χ2n) is 2.58. The van der Waals surface area contributed by atoms with E-state index in [0.29, 0.717) is 11.2 Å². The SMILES string of the molecule is Cn1c(=O)c2nccnc2n1C. The summed E-state index contributed by atoms with van der Waals surface area (Å²) in [7, 11) is 3.46. The van der Waals surface area contributed by atoms with Gasteiger partial charge in [-0.05, 0) is 0 Å². The maximum Gasteiger partial charge on any atom is 0.294 e. The first kappa shape index (κ1) is 7.02. The van der Waals surface area contributed by atoms with Gasteiger partial charge in [-0.1, -0.05) is 0 Å². The standard InChI is InChI=1S/C7H8N4O/c1-10-6-5(7(12)11(10)2)8-3-4-9-6/h3-4H,1-2H3. The van der Waals surface area contributed by atoms with E-state index in [1.54, 1.807) is 25.0 Å². The number of hydrogen-bond donors (Lipinski definition) is 0. The molecule has 0 amide bonds.